The second-order valence-corrected chi connectivity index (χ2v) is 5.29. The predicted molar refractivity (Wildman–Crippen MR) is 62.7 cm³/mol. The van der Waals surface area contributed by atoms with Crippen LogP contribution in [0, 0.1) is 12.3 Å². The summed E-state index contributed by atoms with van der Waals surface area (Å²) in [5.74, 6) is 2.24. The topological polar surface area (TPSA) is 58.2 Å². The molecule has 0 saturated carbocycles. The first-order valence-electron chi connectivity index (χ1n) is 4.93. The summed E-state index contributed by atoms with van der Waals surface area (Å²) in [6, 6.07) is 5.08. The van der Waals surface area contributed by atoms with E-state index < -0.39 is 10.0 Å². The average Bonchev–Trinajstić information content (AvgIpc) is 2.73. The Balaban J connectivity index is 2.32. The minimum atomic E-state index is -3.48. The van der Waals surface area contributed by atoms with E-state index in [9.17, 15) is 8.42 Å². The van der Waals surface area contributed by atoms with Gasteiger partial charge in [-0.25, -0.2) is 8.42 Å². The second-order valence-electron chi connectivity index (χ2n) is 3.52. The summed E-state index contributed by atoms with van der Waals surface area (Å²) in [5.41, 5.74) is 2.04. The summed E-state index contributed by atoms with van der Waals surface area (Å²) in [6.07, 6.45) is 5.95. The van der Waals surface area contributed by atoms with E-state index in [-0.39, 0.29) is 11.4 Å². The van der Waals surface area contributed by atoms with Gasteiger partial charge in [0.2, 0.25) is 10.0 Å². The minimum absolute atomic E-state index is 0.00679. The van der Waals surface area contributed by atoms with Crippen molar-refractivity contribution in [2.24, 2.45) is 0 Å². The summed E-state index contributed by atoms with van der Waals surface area (Å²) >= 11 is 0. The summed E-state index contributed by atoms with van der Waals surface area (Å²) in [5, 5.41) is 3.14. The predicted octanol–water partition coefficient (Wildman–Crippen LogP) is 0.566. The van der Waals surface area contributed by atoms with Crippen molar-refractivity contribution in [2.75, 3.05) is 18.4 Å². The Morgan fingerprint density at radius 1 is 1.50 bits per heavy atom. The average molecular weight is 236 g/mol. The number of nitrogens with one attached hydrogen (secondary N) is 2. The van der Waals surface area contributed by atoms with Crippen LogP contribution in [0.5, 0.6) is 0 Å². The van der Waals surface area contributed by atoms with E-state index in [1.54, 1.807) is 12.1 Å². The first-order chi connectivity index (χ1) is 7.63. The van der Waals surface area contributed by atoms with Gasteiger partial charge in [-0.3, -0.25) is 0 Å². The number of anilines is 1. The van der Waals surface area contributed by atoms with Crippen molar-refractivity contribution in [3.8, 4) is 12.3 Å². The molecule has 0 atom stereocenters. The van der Waals surface area contributed by atoms with Crippen LogP contribution in [0.3, 0.4) is 0 Å². The number of benzene rings is 1. The van der Waals surface area contributed by atoms with Crippen molar-refractivity contribution >= 4 is 15.7 Å². The van der Waals surface area contributed by atoms with Crippen LogP contribution >= 0.6 is 0 Å². The molecular formula is C11H12N2O2S. The highest BCUT2D eigenvalue weighted by Gasteiger charge is 2.17. The minimum Gasteiger partial charge on any atom is -0.384 e. The Hall–Kier alpha value is -1.51. The van der Waals surface area contributed by atoms with Gasteiger partial charge in [-0.15, -0.1) is 6.42 Å². The highest BCUT2D eigenvalue weighted by atomic mass is 32.2. The van der Waals surface area contributed by atoms with E-state index in [0.29, 0.717) is 0 Å². The molecule has 1 aliphatic rings. The fraction of sp³-hybridized carbons (Fsp3) is 0.273. The molecule has 84 valence electrons. The van der Waals surface area contributed by atoms with E-state index in [1.807, 2.05) is 6.07 Å². The number of rotatable bonds is 3. The van der Waals surface area contributed by atoms with Gasteiger partial charge in [-0.1, -0.05) is 12.0 Å². The lowest BCUT2D eigenvalue weighted by atomic mass is 10.2. The molecule has 4 nitrogen and oxygen atoms in total. The SMILES string of the molecule is C#CCNS(=O)(=O)c1ccc2c(c1)NCC2. The van der Waals surface area contributed by atoms with Gasteiger partial charge in [0, 0.05) is 12.2 Å². The van der Waals surface area contributed by atoms with Crippen LogP contribution in [0.2, 0.25) is 0 Å². The summed E-state index contributed by atoms with van der Waals surface area (Å²) in [6.45, 7) is 0.865. The van der Waals surface area contributed by atoms with Gasteiger partial charge in [-0.2, -0.15) is 4.72 Å². The Morgan fingerprint density at radius 3 is 3.06 bits per heavy atom. The van der Waals surface area contributed by atoms with Gasteiger partial charge in [0.1, 0.15) is 0 Å². The van der Waals surface area contributed by atoms with Crippen molar-refractivity contribution in [1.82, 2.24) is 4.72 Å². The van der Waals surface area contributed by atoms with Crippen molar-refractivity contribution in [3.05, 3.63) is 23.8 Å². The molecule has 16 heavy (non-hydrogen) atoms. The highest BCUT2D eigenvalue weighted by Crippen LogP contribution is 2.25. The lowest BCUT2D eigenvalue weighted by Crippen LogP contribution is -2.23. The zero-order chi connectivity index (χ0) is 11.6. The summed E-state index contributed by atoms with van der Waals surface area (Å²) < 4.78 is 25.8. The first-order valence-corrected chi connectivity index (χ1v) is 6.42. The largest absolute Gasteiger partial charge is 0.384 e. The van der Waals surface area contributed by atoms with E-state index in [2.05, 4.69) is 16.0 Å². The maximum Gasteiger partial charge on any atom is 0.241 e. The Bertz CT molecular complexity index is 544. The standard InChI is InChI=1S/C11H12N2O2S/c1-2-6-13-16(14,15)10-4-3-9-5-7-12-11(9)8-10/h1,3-4,8,12-13H,5-7H2. The molecule has 0 saturated heterocycles. The Labute approximate surface area is 95.1 Å². The molecule has 1 aromatic carbocycles. The first kappa shape index (κ1) is 11.0. The van der Waals surface area contributed by atoms with E-state index in [0.717, 1.165) is 24.2 Å². The maximum absolute atomic E-state index is 11.8. The van der Waals surface area contributed by atoms with Crippen LogP contribution in [-0.4, -0.2) is 21.5 Å². The smallest absolute Gasteiger partial charge is 0.241 e. The molecule has 0 unspecified atom stereocenters. The van der Waals surface area contributed by atoms with Crippen molar-refractivity contribution in [3.63, 3.8) is 0 Å². The fourth-order valence-electron chi connectivity index (χ4n) is 1.66. The molecule has 1 aliphatic heterocycles. The van der Waals surface area contributed by atoms with Gasteiger partial charge >= 0.3 is 0 Å². The molecule has 0 aliphatic carbocycles. The molecule has 2 rings (SSSR count). The third kappa shape index (κ3) is 2.03. The molecule has 1 aromatic rings. The van der Waals surface area contributed by atoms with Gasteiger partial charge in [0.05, 0.1) is 11.4 Å². The van der Waals surface area contributed by atoms with Crippen molar-refractivity contribution in [1.29, 1.82) is 0 Å². The lowest BCUT2D eigenvalue weighted by Gasteiger charge is -2.06. The number of fused-ring (bicyclic) bond motifs is 1. The molecule has 5 heteroatoms. The molecule has 0 amide bonds. The zero-order valence-electron chi connectivity index (χ0n) is 8.66. The molecule has 0 fully saturated rings. The summed E-state index contributed by atoms with van der Waals surface area (Å²) in [4.78, 5) is 0.246. The van der Waals surface area contributed by atoms with E-state index in [1.165, 1.54) is 0 Å². The highest BCUT2D eigenvalue weighted by molar-refractivity contribution is 7.89. The van der Waals surface area contributed by atoms with Crippen LogP contribution < -0.4 is 10.0 Å². The molecular weight excluding hydrogens is 224 g/mol. The third-order valence-corrected chi connectivity index (χ3v) is 3.86. The normalized spacial score (nSPS) is 13.9. The van der Waals surface area contributed by atoms with Gasteiger partial charge in [-0.05, 0) is 24.1 Å². The Kier molecular flexibility index (Phi) is 2.86. The molecule has 0 radical (unpaired) electrons. The van der Waals surface area contributed by atoms with Crippen LogP contribution in [0.15, 0.2) is 23.1 Å². The van der Waals surface area contributed by atoms with E-state index in [4.69, 9.17) is 6.42 Å². The van der Waals surface area contributed by atoms with Crippen LogP contribution in [-0.2, 0) is 16.4 Å². The zero-order valence-corrected chi connectivity index (χ0v) is 9.47. The number of terminal acetylenes is 1. The third-order valence-electron chi connectivity index (χ3n) is 2.47. The molecule has 2 N–H and O–H groups in total. The fourth-order valence-corrected chi connectivity index (χ4v) is 2.62. The maximum atomic E-state index is 11.8. The number of hydrogen-bond acceptors (Lipinski definition) is 3. The molecule has 0 bridgehead atoms. The molecule has 0 spiro atoms. The van der Waals surface area contributed by atoms with Gasteiger partial charge in [0.25, 0.3) is 0 Å². The van der Waals surface area contributed by atoms with Gasteiger partial charge in [0.15, 0.2) is 0 Å². The monoisotopic (exact) mass is 236 g/mol. The van der Waals surface area contributed by atoms with Crippen molar-refractivity contribution in [2.45, 2.75) is 11.3 Å². The lowest BCUT2D eigenvalue weighted by molar-refractivity contribution is 0.586. The van der Waals surface area contributed by atoms with Crippen LogP contribution in [0.4, 0.5) is 5.69 Å². The molecule has 0 aromatic heterocycles. The number of sulfonamides is 1. The van der Waals surface area contributed by atoms with Gasteiger partial charge < -0.3 is 5.32 Å². The Morgan fingerprint density at radius 2 is 2.31 bits per heavy atom. The number of hydrogen-bond donors (Lipinski definition) is 2. The second kappa shape index (κ2) is 4.16. The van der Waals surface area contributed by atoms with Crippen molar-refractivity contribution < 1.29 is 8.42 Å². The van der Waals surface area contributed by atoms with E-state index >= 15 is 0 Å². The summed E-state index contributed by atoms with van der Waals surface area (Å²) in [7, 11) is -3.48. The van der Waals surface area contributed by atoms with Crippen LogP contribution in [0.1, 0.15) is 5.56 Å². The van der Waals surface area contributed by atoms with Crippen LogP contribution in [0.25, 0.3) is 0 Å². The molecule has 1 heterocycles. The quantitative estimate of drug-likeness (QED) is 0.754.